The van der Waals surface area contributed by atoms with Crippen molar-refractivity contribution in [1.82, 2.24) is 0 Å². The highest BCUT2D eigenvalue weighted by atomic mass is 16.3. The van der Waals surface area contributed by atoms with E-state index < -0.39 is 5.60 Å². The Balaban J connectivity index is 1.27. The van der Waals surface area contributed by atoms with Crippen LogP contribution in [0.3, 0.4) is 0 Å². The summed E-state index contributed by atoms with van der Waals surface area (Å²) in [6, 6.07) is 0. The van der Waals surface area contributed by atoms with Crippen molar-refractivity contribution >= 4 is 0 Å². The smallest absolute Gasteiger partial charge is 0.0650 e. The highest BCUT2D eigenvalue weighted by Crippen LogP contribution is 2.68. The first-order chi connectivity index (χ1) is 14.1. The summed E-state index contributed by atoms with van der Waals surface area (Å²) in [6.07, 6.45) is 17.6. The average Bonchev–Trinajstić information content (AvgIpc) is 3.29. The van der Waals surface area contributed by atoms with E-state index in [1.165, 1.54) is 57.8 Å². The third kappa shape index (κ3) is 3.51. The first-order valence-electron chi connectivity index (χ1n) is 13.5. The fourth-order valence-corrected chi connectivity index (χ4v) is 9.76. The van der Waals surface area contributed by atoms with Gasteiger partial charge in [0, 0.05) is 0 Å². The second-order valence-corrected chi connectivity index (χ2v) is 13.7. The van der Waals surface area contributed by atoms with Crippen LogP contribution in [0.4, 0.5) is 0 Å². The molecule has 5 fully saturated rings. The van der Waals surface area contributed by atoms with Gasteiger partial charge in [-0.2, -0.15) is 0 Å². The molecule has 5 saturated carbocycles. The molecule has 5 rings (SSSR count). The summed E-state index contributed by atoms with van der Waals surface area (Å²) in [7, 11) is 0. The van der Waals surface area contributed by atoms with Gasteiger partial charge in [-0.05, 0) is 130 Å². The van der Waals surface area contributed by atoms with Gasteiger partial charge in [-0.1, -0.05) is 33.6 Å². The molecule has 172 valence electrons. The molecule has 0 aromatic carbocycles. The summed E-state index contributed by atoms with van der Waals surface area (Å²) in [5.41, 5.74) is 0.358. The molecule has 0 aromatic heterocycles. The van der Waals surface area contributed by atoms with Crippen molar-refractivity contribution in [2.45, 2.75) is 129 Å². The van der Waals surface area contributed by atoms with E-state index >= 15 is 0 Å². The first-order valence-corrected chi connectivity index (χ1v) is 13.5. The molecule has 2 heteroatoms. The monoisotopic (exact) mass is 416 g/mol. The van der Waals surface area contributed by atoms with E-state index in [0.717, 1.165) is 67.6 Å². The van der Waals surface area contributed by atoms with Gasteiger partial charge in [-0.15, -0.1) is 0 Å². The maximum atomic E-state index is 10.7. The fraction of sp³-hybridized carbons (Fsp3) is 1.00. The second-order valence-electron chi connectivity index (χ2n) is 13.7. The van der Waals surface area contributed by atoms with Crippen molar-refractivity contribution in [2.75, 3.05) is 0 Å². The topological polar surface area (TPSA) is 40.5 Å². The van der Waals surface area contributed by atoms with Crippen molar-refractivity contribution in [1.29, 1.82) is 0 Å². The number of hydrogen-bond donors (Lipinski definition) is 2. The third-order valence-corrected chi connectivity index (χ3v) is 11.8. The van der Waals surface area contributed by atoms with Gasteiger partial charge in [0.05, 0.1) is 11.2 Å². The molecule has 0 bridgehead atoms. The summed E-state index contributed by atoms with van der Waals surface area (Å²) in [5, 5.41) is 20.9. The zero-order valence-electron chi connectivity index (χ0n) is 20.3. The van der Waals surface area contributed by atoms with Crippen molar-refractivity contribution in [3.8, 4) is 0 Å². The summed E-state index contributed by atoms with van der Waals surface area (Å²) in [4.78, 5) is 0. The Morgan fingerprint density at radius 1 is 0.800 bits per heavy atom. The van der Waals surface area contributed by atoms with Crippen molar-refractivity contribution in [3.63, 3.8) is 0 Å². The Labute approximate surface area is 185 Å². The minimum Gasteiger partial charge on any atom is -0.390 e. The lowest BCUT2D eigenvalue weighted by molar-refractivity contribution is -0.148. The van der Waals surface area contributed by atoms with Crippen LogP contribution in [0.25, 0.3) is 0 Å². The van der Waals surface area contributed by atoms with Crippen LogP contribution >= 0.6 is 0 Å². The van der Waals surface area contributed by atoms with Gasteiger partial charge in [0.15, 0.2) is 0 Å². The molecule has 0 heterocycles. The predicted octanol–water partition coefficient (Wildman–Crippen LogP) is 6.73. The molecule has 9 atom stereocenters. The maximum Gasteiger partial charge on any atom is 0.0650 e. The normalized spacial score (nSPS) is 52.8. The van der Waals surface area contributed by atoms with E-state index in [1.54, 1.807) is 0 Å². The van der Waals surface area contributed by atoms with E-state index in [4.69, 9.17) is 0 Å². The summed E-state index contributed by atoms with van der Waals surface area (Å²) < 4.78 is 0. The lowest BCUT2D eigenvalue weighted by Crippen LogP contribution is -2.55. The SMILES string of the molecule is C[C@H](CCCC1(O)CC1)[C@H]1CC[C@H]2[C@@H]3CC[C@H]4C[C@@](C)(O)CC[C@]4(C)[C@H]3CC[C@]12C. The summed E-state index contributed by atoms with van der Waals surface area (Å²) in [5.74, 6) is 5.25. The number of aliphatic hydroxyl groups is 2. The summed E-state index contributed by atoms with van der Waals surface area (Å²) in [6.45, 7) is 9.91. The van der Waals surface area contributed by atoms with E-state index in [1.807, 2.05) is 0 Å². The number of hydrogen-bond acceptors (Lipinski definition) is 2. The summed E-state index contributed by atoms with van der Waals surface area (Å²) >= 11 is 0. The van der Waals surface area contributed by atoms with E-state index in [0.29, 0.717) is 10.8 Å². The second kappa shape index (κ2) is 7.21. The Hall–Kier alpha value is -0.0800. The number of fused-ring (bicyclic) bond motifs is 5. The highest BCUT2D eigenvalue weighted by Gasteiger charge is 2.61. The molecule has 0 amide bonds. The Morgan fingerprint density at radius 3 is 2.27 bits per heavy atom. The molecule has 2 N–H and O–H groups in total. The molecule has 0 spiro atoms. The molecular formula is C28H48O2. The molecule has 0 aliphatic heterocycles. The molecule has 5 aliphatic rings. The maximum absolute atomic E-state index is 10.7. The molecule has 0 saturated heterocycles. The largest absolute Gasteiger partial charge is 0.390 e. The third-order valence-electron chi connectivity index (χ3n) is 11.8. The molecule has 0 unspecified atom stereocenters. The van der Waals surface area contributed by atoms with Crippen molar-refractivity contribution < 1.29 is 10.2 Å². The van der Waals surface area contributed by atoms with Crippen LogP contribution in [0.1, 0.15) is 118 Å². The molecular weight excluding hydrogens is 368 g/mol. The minimum atomic E-state index is -0.415. The zero-order valence-corrected chi connectivity index (χ0v) is 20.3. The minimum absolute atomic E-state index is 0.265. The van der Waals surface area contributed by atoms with Crippen LogP contribution in [0.2, 0.25) is 0 Å². The Morgan fingerprint density at radius 2 is 1.53 bits per heavy atom. The van der Waals surface area contributed by atoms with Gasteiger partial charge in [0.25, 0.3) is 0 Å². The van der Waals surface area contributed by atoms with Gasteiger partial charge in [-0.3, -0.25) is 0 Å². The van der Waals surface area contributed by atoms with E-state index in [9.17, 15) is 10.2 Å². The van der Waals surface area contributed by atoms with Crippen LogP contribution in [0.5, 0.6) is 0 Å². The molecule has 2 nitrogen and oxygen atoms in total. The van der Waals surface area contributed by atoms with E-state index in [2.05, 4.69) is 27.7 Å². The lowest BCUT2D eigenvalue weighted by atomic mass is 9.43. The standard InChI is InChI=1S/C28H48O2/c1-19(6-5-12-28(30)16-17-28)22-9-10-23-21-8-7-20-18-25(2,29)14-15-26(20,3)24(21)11-13-27(22,23)4/h19-24,29-30H,5-18H2,1-4H3/t19-,20+,21+,22-,23+,24+,25+,26+,27-/m1/s1. The van der Waals surface area contributed by atoms with Crippen LogP contribution in [0, 0.1) is 46.3 Å². The van der Waals surface area contributed by atoms with Crippen molar-refractivity contribution in [3.05, 3.63) is 0 Å². The molecule has 30 heavy (non-hydrogen) atoms. The van der Waals surface area contributed by atoms with Crippen LogP contribution in [-0.4, -0.2) is 21.4 Å². The average molecular weight is 417 g/mol. The highest BCUT2D eigenvalue weighted by molar-refractivity contribution is 5.10. The van der Waals surface area contributed by atoms with Gasteiger partial charge in [0.2, 0.25) is 0 Å². The zero-order chi connectivity index (χ0) is 21.4. The van der Waals surface area contributed by atoms with Gasteiger partial charge in [-0.25, -0.2) is 0 Å². The fourth-order valence-electron chi connectivity index (χ4n) is 9.76. The van der Waals surface area contributed by atoms with Gasteiger partial charge < -0.3 is 10.2 Å². The number of rotatable bonds is 5. The van der Waals surface area contributed by atoms with Crippen molar-refractivity contribution in [2.24, 2.45) is 46.3 Å². The quantitative estimate of drug-likeness (QED) is 0.522. The molecule has 0 radical (unpaired) electrons. The predicted molar refractivity (Wildman–Crippen MR) is 123 cm³/mol. The van der Waals surface area contributed by atoms with Gasteiger partial charge >= 0.3 is 0 Å². The van der Waals surface area contributed by atoms with Crippen LogP contribution in [-0.2, 0) is 0 Å². The first kappa shape index (κ1) is 21.7. The lowest BCUT2D eigenvalue weighted by Gasteiger charge is -2.62. The van der Waals surface area contributed by atoms with Gasteiger partial charge in [0.1, 0.15) is 0 Å². The Kier molecular flexibility index (Phi) is 5.23. The van der Waals surface area contributed by atoms with E-state index in [-0.39, 0.29) is 5.60 Å². The van der Waals surface area contributed by atoms with Crippen LogP contribution in [0.15, 0.2) is 0 Å². The van der Waals surface area contributed by atoms with Crippen LogP contribution < -0.4 is 0 Å². The molecule has 0 aromatic rings. The Bertz CT molecular complexity index is 651. The molecule has 5 aliphatic carbocycles.